The van der Waals surface area contributed by atoms with Crippen molar-refractivity contribution in [3.05, 3.63) is 29.8 Å². The predicted molar refractivity (Wildman–Crippen MR) is 71.2 cm³/mol. The molecule has 4 nitrogen and oxygen atoms in total. The van der Waals surface area contributed by atoms with E-state index in [-0.39, 0.29) is 6.03 Å². The zero-order valence-electron chi connectivity index (χ0n) is 10.9. The zero-order valence-corrected chi connectivity index (χ0v) is 10.9. The molecular weight excluding hydrogens is 214 g/mol. The van der Waals surface area contributed by atoms with E-state index in [0.29, 0.717) is 6.04 Å². The van der Waals surface area contributed by atoms with Crippen LogP contribution in [0.1, 0.15) is 25.5 Å². The minimum Gasteiger partial charge on any atom is -0.331 e. The van der Waals surface area contributed by atoms with E-state index < -0.39 is 0 Å². The lowest BCUT2D eigenvalue weighted by Gasteiger charge is -2.15. The molecule has 2 amide bonds. The summed E-state index contributed by atoms with van der Waals surface area (Å²) in [5.41, 5.74) is 2.03. The second kappa shape index (κ2) is 6.25. The highest BCUT2D eigenvalue weighted by Crippen LogP contribution is 2.15. The number of anilines is 1. The summed E-state index contributed by atoms with van der Waals surface area (Å²) < 4.78 is 0. The Hall–Kier alpha value is -1.55. The van der Waals surface area contributed by atoms with Gasteiger partial charge in [0.2, 0.25) is 0 Å². The van der Waals surface area contributed by atoms with Crippen LogP contribution in [-0.2, 0) is 0 Å². The number of amides is 2. The van der Waals surface area contributed by atoms with Gasteiger partial charge in [-0.25, -0.2) is 4.79 Å². The predicted octanol–water partition coefficient (Wildman–Crippen LogP) is 2.45. The number of nitrogens with one attached hydrogen (secondary N) is 2. The molecular formula is C13H21N3O. The average molecular weight is 235 g/mol. The fraction of sp³-hybridized carbons (Fsp3) is 0.462. The molecule has 1 aromatic rings. The fourth-order valence-corrected chi connectivity index (χ4v) is 1.51. The molecule has 1 unspecified atom stereocenters. The van der Waals surface area contributed by atoms with Crippen LogP contribution in [0.4, 0.5) is 10.5 Å². The minimum absolute atomic E-state index is 0.113. The number of nitrogens with zero attached hydrogens (tertiary/aromatic N) is 1. The highest BCUT2D eigenvalue weighted by molar-refractivity contribution is 5.88. The van der Waals surface area contributed by atoms with Crippen LogP contribution in [0.5, 0.6) is 0 Å². The van der Waals surface area contributed by atoms with Crippen LogP contribution in [-0.4, -0.2) is 31.6 Å². The Morgan fingerprint density at radius 3 is 2.35 bits per heavy atom. The van der Waals surface area contributed by atoms with Crippen LogP contribution in [0, 0.1) is 0 Å². The summed E-state index contributed by atoms with van der Waals surface area (Å²) in [7, 11) is 3.44. The zero-order chi connectivity index (χ0) is 12.8. The molecule has 0 aliphatic heterocycles. The lowest BCUT2D eigenvalue weighted by molar-refractivity contribution is 0.230. The Labute approximate surface area is 103 Å². The first kappa shape index (κ1) is 13.5. The Bertz CT molecular complexity index is 359. The molecule has 0 saturated heterocycles. The van der Waals surface area contributed by atoms with Crippen LogP contribution in [0.15, 0.2) is 24.3 Å². The molecule has 0 aliphatic rings. The van der Waals surface area contributed by atoms with Gasteiger partial charge in [0, 0.05) is 25.8 Å². The van der Waals surface area contributed by atoms with Crippen molar-refractivity contribution < 1.29 is 4.79 Å². The average Bonchev–Trinajstić information content (AvgIpc) is 2.30. The maximum Gasteiger partial charge on any atom is 0.321 e. The van der Waals surface area contributed by atoms with E-state index in [2.05, 4.69) is 24.5 Å². The van der Waals surface area contributed by atoms with Crippen molar-refractivity contribution in [3.63, 3.8) is 0 Å². The van der Waals surface area contributed by atoms with Gasteiger partial charge in [0.25, 0.3) is 0 Å². The molecule has 2 N–H and O–H groups in total. The van der Waals surface area contributed by atoms with Gasteiger partial charge < -0.3 is 15.5 Å². The van der Waals surface area contributed by atoms with E-state index >= 15 is 0 Å². The smallest absolute Gasteiger partial charge is 0.321 e. The highest BCUT2D eigenvalue weighted by Gasteiger charge is 2.05. The standard InChI is InChI=1S/C13H21N3O/c1-5-14-10(2)11-6-8-12(9-7-11)15-13(17)16(3)4/h6-10,14H,5H2,1-4H3,(H,15,17). The first-order valence-corrected chi connectivity index (χ1v) is 5.86. The summed E-state index contributed by atoms with van der Waals surface area (Å²) in [5, 5.41) is 6.15. The highest BCUT2D eigenvalue weighted by atomic mass is 16.2. The molecule has 0 heterocycles. The van der Waals surface area contributed by atoms with Gasteiger partial charge in [-0.05, 0) is 31.2 Å². The third-order valence-corrected chi connectivity index (χ3v) is 2.58. The van der Waals surface area contributed by atoms with Crippen molar-refractivity contribution >= 4 is 11.7 Å². The van der Waals surface area contributed by atoms with Crippen molar-refractivity contribution in [2.45, 2.75) is 19.9 Å². The first-order chi connectivity index (χ1) is 8.04. The Balaban J connectivity index is 2.65. The second-order valence-electron chi connectivity index (χ2n) is 4.23. The Morgan fingerprint density at radius 1 is 1.29 bits per heavy atom. The van der Waals surface area contributed by atoms with Crippen LogP contribution < -0.4 is 10.6 Å². The van der Waals surface area contributed by atoms with Gasteiger partial charge in [0.1, 0.15) is 0 Å². The van der Waals surface area contributed by atoms with Gasteiger partial charge in [0.05, 0.1) is 0 Å². The number of carbonyl (C=O) groups is 1. The molecule has 0 radical (unpaired) electrons. The molecule has 1 aromatic carbocycles. The molecule has 0 spiro atoms. The number of hydrogen-bond donors (Lipinski definition) is 2. The maximum atomic E-state index is 11.4. The van der Waals surface area contributed by atoms with Crippen LogP contribution in [0.25, 0.3) is 0 Å². The van der Waals surface area contributed by atoms with Crippen LogP contribution in [0.2, 0.25) is 0 Å². The van der Waals surface area contributed by atoms with E-state index in [1.54, 1.807) is 14.1 Å². The SMILES string of the molecule is CCNC(C)c1ccc(NC(=O)N(C)C)cc1. The third-order valence-electron chi connectivity index (χ3n) is 2.58. The first-order valence-electron chi connectivity index (χ1n) is 5.86. The topological polar surface area (TPSA) is 44.4 Å². The largest absolute Gasteiger partial charge is 0.331 e. The van der Waals surface area contributed by atoms with E-state index in [0.717, 1.165) is 12.2 Å². The van der Waals surface area contributed by atoms with Crippen LogP contribution in [0.3, 0.4) is 0 Å². The number of hydrogen-bond acceptors (Lipinski definition) is 2. The summed E-state index contributed by atoms with van der Waals surface area (Å²) in [6.07, 6.45) is 0. The lowest BCUT2D eigenvalue weighted by Crippen LogP contribution is -2.27. The Kier molecular flexibility index (Phi) is 4.97. The normalized spacial score (nSPS) is 12.0. The Morgan fingerprint density at radius 2 is 1.88 bits per heavy atom. The summed E-state index contributed by atoms with van der Waals surface area (Å²) in [4.78, 5) is 12.9. The number of rotatable bonds is 4. The summed E-state index contributed by atoms with van der Waals surface area (Å²) in [6, 6.07) is 8.11. The molecule has 0 bridgehead atoms. The van der Waals surface area contributed by atoms with E-state index in [9.17, 15) is 4.79 Å². The number of urea groups is 1. The molecule has 0 aliphatic carbocycles. The van der Waals surface area contributed by atoms with Crippen molar-refractivity contribution in [3.8, 4) is 0 Å². The number of carbonyl (C=O) groups excluding carboxylic acids is 1. The lowest BCUT2D eigenvalue weighted by atomic mass is 10.1. The van der Waals surface area contributed by atoms with Crippen molar-refractivity contribution in [2.24, 2.45) is 0 Å². The molecule has 0 aromatic heterocycles. The van der Waals surface area contributed by atoms with E-state index in [4.69, 9.17) is 0 Å². The van der Waals surface area contributed by atoms with Gasteiger partial charge in [-0.3, -0.25) is 0 Å². The van der Waals surface area contributed by atoms with Crippen molar-refractivity contribution in [2.75, 3.05) is 26.0 Å². The minimum atomic E-state index is -0.113. The summed E-state index contributed by atoms with van der Waals surface area (Å²) >= 11 is 0. The monoisotopic (exact) mass is 235 g/mol. The molecule has 0 fully saturated rings. The van der Waals surface area contributed by atoms with E-state index in [1.807, 2.05) is 24.3 Å². The van der Waals surface area contributed by atoms with Gasteiger partial charge in [0.15, 0.2) is 0 Å². The fourth-order valence-electron chi connectivity index (χ4n) is 1.51. The maximum absolute atomic E-state index is 11.4. The summed E-state index contributed by atoms with van der Waals surface area (Å²) in [6.45, 7) is 5.15. The molecule has 0 saturated carbocycles. The third kappa shape index (κ3) is 4.07. The van der Waals surface area contributed by atoms with Gasteiger partial charge in [-0.1, -0.05) is 19.1 Å². The van der Waals surface area contributed by atoms with Gasteiger partial charge in [-0.15, -0.1) is 0 Å². The molecule has 1 atom stereocenters. The van der Waals surface area contributed by atoms with Crippen molar-refractivity contribution in [1.29, 1.82) is 0 Å². The van der Waals surface area contributed by atoms with E-state index in [1.165, 1.54) is 10.5 Å². The molecule has 1 rings (SSSR count). The van der Waals surface area contributed by atoms with Gasteiger partial charge >= 0.3 is 6.03 Å². The quantitative estimate of drug-likeness (QED) is 0.842. The molecule has 17 heavy (non-hydrogen) atoms. The molecule has 94 valence electrons. The van der Waals surface area contributed by atoms with Crippen molar-refractivity contribution in [1.82, 2.24) is 10.2 Å². The summed E-state index contributed by atoms with van der Waals surface area (Å²) in [5.74, 6) is 0. The second-order valence-corrected chi connectivity index (χ2v) is 4.23. The number of benzene rings is 1. The molecule has 4 heteroatoms. The van der Waals surface area contributed by atoms with Gasteiger partial charge in [-0.2, -0.15) is 0 Å². The van der Waals surface area contributed by atoms with Crippen LogP contribution >= 0.6 is 0 Å².